The van der Waals surface area contributed by atoms with Gasteiger partial charge >= 0.3 is 0 Å². The van der Waals surface area contributed by atoms with E-state index in [2.05, 4.69) is 34.6 Å². The highest BCUT2D eigenvalue weighted by Crippen LogP contribution is 2.30. The summed E-state index contributed by atoms with van der Waals surface area (Å²) in [6.45, 7) is 0. The minimum atomic E-state index is -0.0830. The van der Waals surface area contributed by atoms with Crippen molar-refractivity contribution < 1.29 is 0 Å². The van der Waals surface area contributed by atoms with Gasteiger partial charge in [-0.2, -0.15) is 0 Å². The number of hydrogen-bond acceptors (Lipinski definition) is 3. The molecule has 0 fully saturated rings. The van der Waals surface area contributed by atoms with E-state index in [1.807, 2.05) is 12.1 Å². The molecule has 17 heavy (non-hydrogen) atoms. The Balaban J connectivity index is 2.13. The molecule has 1 atom stereocenters. The molecule has 0 saturated carbocycles. The third-order valence-electron chi connectivity index (χ3n) is 2.91. The first kappa shape index (κ1) is 10.4. The summed E-state index contributed by atoms with van der Waals surface area (Å²) < 4.78 is 1.27. The highest BCUT2D eigenvalue weighted by molar-refractivity contribution is 7.17. The molecule has 3 rings (SSSR count). The normalized spacial score (nSPS) is 12.8. The molecule has 2 aromatic heterocycles. The number of aromatic nitrogens is 1. The third kappa shape index (κ3) is 1.84. The Kier molecular flexibility index (Phi) is 2.63. The van der Waals surface area contributed by atoms with E-state index in [-0.39, 0.29) is 6.04 Å². The minimum absolute atomic E-state index is 0.0830. The quantitative estimate of drug-likeness (QED) is 0.746. The van der Waals surface area contributed by atoms with Crippen molar-refractivity contribution >= 4 is 21.4 Å². The number of benzene rings is 1. The van der Waals surface area contributed by atoms with Crippen LogP contribution in [-0.4, -0.2) is 4.98 Å². The maximum Gasteiger partial charge on any atom is 0.0567 e. The highest BCUT2D eigenvalue weighted by atomic mass is 32.1. The largest absolute Gasteiger partial charge is 0.320 e. The molecule has 0 amide bonds. The third-order valence-corrected chi connectivity index (χ3v) is 3.89. The Hall–Kier alpha value is -1.71. The van der Waals surface area contributed by atoms with Gasteiger partial charge in [-0.15, -0.1) is 11.3 Å². The van der Waals surface area contributed by atoms with Gasteiger partial charge in [-0.1, -0.05) is 18.2 Å². The molecule has 0 radical (unpaired) electrons. The van der Waals surface area contributed by atoms with E-state index in [0.29, 0.717) is 0 Å². The lowest BCUT2D eigenvalue weighted by Crippen LogP contribution is -2.11. The Labute approximate surface area is 104 Å². The van der Waals surface area contributed by atoms with E-state index < -0.39 is 0 Å². The summed E-state index contributed by atoms with van der Waals surface area (Å²) in [6.07, 6.45) is 3.56. The summed E-state index contributed by atoms with van der Waals surface area (Å²) in [6, 6.07) is 12.3. The van der Waals surface area contributed by atoms with Crippen molar-refractivity contribution in [2.45, 2.75) is 6.04 Å². The second-order valence-electron chi connectivity index (χ2n) is 3.94. The summed E-state index contributed by atoms with van der Waals surface area (Å²) in [4.78, 5) is 4.02. The molecule has 84 valence electrons. The van der Waals surface area contributed by atoms with Crippen LogP contribution in [-0.2, 0) is 0 Å². The lowest BCUT2D eigenvalue weighted by atomic mass is 10.00. The van der Waals surface area contributed by atoms with E-state index in [9.17, 15) is 0 Å². The number of nitrogens with two attached hydrogens (primary N) is 1. The summed E-state index contributed by atoms with van der Waals surface area (Å²) in [5.74, 6) is 0. The smallest absolute Gasteiger partial charge is 0.0567 e. The van der Waals surface area contributed by atoms with Gasteiger partial charge in [0.15, 0.2) is 0 Å². The van der Waals surface area contributed by atoms with Crippen LogP contribution in [0.25, 0.3) is 10.1 Å². The molecule has 2 nitrogen and oxygen atoms in total. The Morgan fingerprint density at radius 3 is 2.71 bits per heavy atom. The van der Waals surface area contributed by atoms with Crippen molar-refractivity contribution in [2.75, 3.05) is 0 Å². The first-order valence-electron chi connectivity index (χ1n) is 5.48. The number of fused-ring (bicyclic) bond motifs is 1. The number of hydrogen-bond donors (Lipinski definition) is 1. The first-order chi connectivity index (χ1) is 8.36. The van der Waals surface area contributed by atoms with E-state index in [1.54, 1.807) is 23.7 Å². The monoisotopic (exact) mass is 240 g/mol. The number of pyridine rings is 1. The fraction of sp³-hybridized carbons (Fsp3) is 0.0714. The van der Waals surface area contributed by atoms with Gasteiger partial charge in [0.25, 0.3) is 0 Å². The molecule has 0 aliphatic heterocycles. The van der Waals surface area contributed by atoms with Crippen molar-refractivity contribution in [1.29, 1.82) is 0 Å². The van der Waals surface area contributed by atoms with Crippen molar-refractivity contribution in [2.24, 2.45) is 5.73 Å². The predicted octanol–water partition coefficient (Wildman–Crippen LogP) is 3.34. The van der Waals surface area contributed by atoms with E-state index in [4.69, 9.17) is 5.73 Å². The van der Waals surface area contributed by atoms with Crippen LogP contribution >= 0.6 is 11.3 Å². The molecule has 1 unspecified atom stereocenters. The molecule has 0 aliphatic rings. The van der Waals surface area contributed by atoms with E-state index in [0.717, 1.165) is 5.56 Å². The van der Waals surface area contributed by atoms with Crippen LogP contribution in [0.4, 0.5) is 0 Å². The van der Waals surface area contributed by atoms with Gasteiger partial charge in [0.1, 0.15) is 0 Å². The molecule has 2 heterocycles. The second-order valence-corrected chi connectivity index (χ2v) is 4.86. The molecular formula is C14H12N2S. The van der Waals surface area contributed by atoms with Crippen LogP contribution in [0.15, 0.2) is 54.2 Å². The van der Waals surface area contributed by atoms with Crippen LogP contribution in [0.2, 0.25) is 0 Å². The maximum atomic E-state index is 6.32. The molecule has 2 N–H and O–H groups in total. The Morgan fingerprint density at radius 2 is 1.88 bits per heavy atom. The van der Waals surface area contributed by atoms with Crippen molar-refractivity contribution in [1.82, 2.24) is 4.98 Å². The zero-order valence-corrected chi connectivity index (χ0v) is 10.0. The molecule has 3 aromatic rings. The van der Waals surface area contributed by atoms with Crippen molar-refractivity contribution in [3.8, 4) is 0 Å². The van der Waals surface area contributed by atoms with Crippen molar-refractivity contribution in [3.63, 3.8) is 0 Å². The number of nitrogens with zero attached hydrogens (tertiary/aromatic N) is 1. The molecule has 0 spiro atoms. The molecule has 1 aromatic carbocycles. The fourth-order valence-electron chi connectivity index (χ4n) is 2.01. The summed E-state index contributed by atoms with van der Waals surface area (Å²) in [7, 11) is 0. The molecule has 0 bridgehead atoms. The van der Waals surface area contributed by atoms with Crippen LogP contribution in [0.5, 0.6) is 0 Å². The average Bonchev–Trinajstić information content (AvgIpc) is 2.87. The molecular weight excluding hydrogens is 228 g/mol. The molecule has 0 aliphatic carbocycles. The van der Waals surface area contributed by atoms with Crippen LogP contribution < -0.4 is 5.73 Å². The number of thiophene rings is 1. The number of rotatable bonds is 2. The Bertz CT molecular complexity index is 631. The lowest BCUT2D eigenvalue weighted by Gasteiger charge is -2.13. The van der Waals surface area contributed by atoms with Gasteiger partial charge in [0, 0.05) is 17.1 Å². The topological polar surface area (TPSA) is 38.9 Å². The summed E-state index contributed by atoms with van der Waals surface area (Å²) in [5, 5.41) is 3.37. The highest BCUT2D eigenvalue weighted by Gasteiger charge is 2.12. The van der Waals surface area contributed by atoms with Gasteiger partial charge in [-0.3, -0.25) is 4.98 Å². The van der Waals surface area contributed by atoms with Gasteiger partial charge in [-0.05, 0) is 40.1 Å². The maximum absolute atomic E-state index is 6.32. The minimum Gasteiger partial charge on any atom is -0.320 e. The average molecular weight is 240 g/mol. The Morgan fingerprint density at radius 1 is 1.06 bits per heavy atom. The van der Waals surface area contributed by atoms with Crippen LogP contribution in [0.1, 0.15) is 17.2 Å². The van der Waals surface area contributed by atoms with Gasteiger partial charge < -0.3 is 5.73 Å². The van der Waals surface area contributed by atoms with Crippen molar-refractivity contribution in [3.05, 3.63) is 65.3 Å². The zero-order valence-electron chi connectivity index (χ0n) is 9.21. The van der Waals surface area contributed by atoms with Gasteiger partial charge in [0.2, 0.25) is 0 Å². The lowest BCUT2D eigenvalue weighted by molar-refractivity contribution is 0.878. The summed E-state index contributed by atoms with van der Waals surface area (Å²) >= 11 is 1.74. The van der Waals surface area contributed by atoms with E-state index in [1.165, 1.54) is 15.6 Å². The molecule has 3 heteroatoms. The van der Waals surface area contributed by atoms with Crippen LogP contribution in [0.3, 0.4) is 0 Å². The zero-order chi connectivity index (χ0) is 11.7. The van der Waals surface area contributed by atoms with Gasteiger partial charge in [-0.25, -0.2) is 0 Å². The van der Waals surface area contributed by atoms with E-state index >= 15 is 0 Å². The fourth-order valence-corrected chi connectivity index (χ4v) is 2.97. The first-order valence-corrected chi connectivity index (χ1v) is 6.36. The van der Waals surface area contributed by atoms with Gasteiger partial charge in [0.05, 0.1) is 6.04 Å². The van der Waals surface area contributed by atoms with Crippen LogP contribution in [0, 0.1) is 0 Å². The second kappa shape index (κ2) is 4.28. The predicted molar refractivity (Wildman–Crippen MR) is 72.1 cm³/mol. The SMILES string of the molecule is NC(c1ccncc1)c1cccc2ccsc12. The molecule has 0 saturated heterocycles. The summed E-state index contributed by atoms with van der Waals surface area (Å²) in [5.41, 5.74) is 8.60. The standard InChI is InChI=1S/C14H12N2S/c15-13(10-4-7-16-8-5-10)12-3-1-2-11-6-9-17-14(11)12/h1-9,13H,15H2.